The van der Waals surface area contributed by atoms with Gasteiger partial charge in [0.2, 0.25) is 5.75 Å². The summed E-state index contributed by atoms with van der Waals surface area (Å²) in [6.45, 7) is 6.53. The molecular weight excluding hydrogens is 414 g/mol. The lowest BCUT2D eigenvalue weighted by Crippen LogP contribution is -2.35. The average molecular weight is 443 g/mol. The first-order valence-corrected chi connectivity index (χ1v) is 10.4. The quantitative estimate of drug-likeness (QED) is 0.379. The van der Waals surface area contributed by atoms with Gasteiger partial charge in [-0.15, -0.1) is 0 Å². The van der Waals surface area contributed by atoms with Crippen LogP contribution >= 0.6 is 0 Å². The highest BCUT2D eigenvalue weighted by Gasteiger charge is 2.28. The van der Waals surface area contributed by atoms with Gasteiger partial charge in [-0.05, 0) is 25.5 Å². The highest BCUT2D eigenvalue weighted by Crippen LogP contribution is 2.31. The van der Waals surface area contributed by atoms with E-state index in [1.807, 2.05) is 44.2 Å². The number of para-hydroxylation sites is 1. The number of benzene rings is 1. The molecule has 2 aromatic rings. The van der Waals surface area contributed by atoms with Crippen LogP contribution in [0.1, 0.15) is 51.0 Å². The van der Waals surface area contributed by atoms with Crippen LogP contribution in [0, 0.1) is 5.92 Å². The zero-order chi connectivity index (χ0) is 23.7. The molecule has 1 heterocycles. The molecule has 32 heavy (non-hydrogen) atoms. The smallest absolute Gasteiger partial charge is 0.309 e. The number of nitrogens with zero attached hydrogens (tertiary/aromatic N) is 1. The fourth-order valence-electron chi connectivity index (χ4n) is 3.06. The van der Waals surface area contributed by atoms with Crippen molar-refractivity contribution < 1.29 is 33.3 Å². The predicted octanol–water partition coefficient (Wildman–Crippen LogP) is 4.01. The third-order valence-corrected chi connectivity index (χ3v) is 4.75. The maximum Gasteiger partial charge on any atom is 0.309 e. The fraction of sp³-hybridized carbons (Fsp3) is 0.417. The van der Waals surface area contributed by atoms with Crippen LogP contribution in [0.4, 0.5) is 0 Å². The van der Waals surface area contributed by atoms with Crippen molar-refractivity contribution in [2.75, 3.05) is 7.11 Å². The van der Waals surface area contributed by atoms with E-state index in [-0.39, 0.29) is 29.7 Å². The number of pyridine rings is 1. The van der Waals surface area contributed by atoms with Gasteiger partial charge < -0.3 is 18.9 Å². The largest absolute Gasteiger partial charge is 0.493 e. The molecular formula is C24H29NO7. The van der Waals surface area contributed by atoms with Gasteiger partial charge in [0, 0.05) is 25.6 Å². The van der Waals surface area contributed by atoms with Crippen LogP contribution in [0.5, 0.6) is 17.2 Å². The molecule has 0 spiro atoms. The molecule has 0 aliphatic heterocycles. The number of ether oxygens (including phenoxy) is 4. The van der Waals surface area contributed by atoms with Crippen molar-refractivity contribution >= 4 is 17.7 Å². The van der Waals surface area contributed by atoms with E-state index in [0.717, 1.165) is 0 Å². The highest BCUT2D eigenvalue weighted by atomic mass is 16.6. The summed E-state index contributed by atoms with van der Waals surface area (Å²) in [7, 11) is 1.39. The summed E-state index contributed by atoms with van der Waals surface area (Å²) in [4.78, 5) is 40.9. The number of carbonyl (C=O) groups is 3. The Hall–Kier alpha value is -3.42. The number of carbonyl (C=O) groups excluding carboxylic acids is 3. The minimum atomic E-state index is -0.737. The molecule has 172 valence electrons. The molecule has 0 amide bonds. The van der Waals surface area contributed by atoms with Crippen molar-refractivity contribution in [3.63, 3.8) is 0 Å². The van der Waals surface area contributed by atoms with E-state index in [4.69, 9.17) is 18.9 Å². The van der Waals surface area contributed by atoms with Crippen LogP contribution in [0.15, 0.2) is 42.6 Å². The number of hydrogen-bond acceptors (Lipinski definition) is 8. The van der Waals surface area contributed by atoms with E-state index >= 15 is 0 Å². The lowest BCUT2D eigenvalue weighted by Gasteiger charge is -2.25. The van der Waals surface area contributed by atoms with Crippen molar-refractivity contribution in [2.24, 2.45) is 5.92 Å². The lowest BCUT2D eigenvalue weighted by molar-refractivity contribution is -0.158. The first-order valence-electron chi connectivity index (χ1n) is 10.4. The van der Waals surface area contributed by atoms with Gasteiger partial charge in [-0.3, -0.25) is 14.4 Å². The van der Waals surface area contributed by atoms with Gasteiger partial charge in [-0.2, -0.15) is 0 Å². The second-order valence-electron chi connectivity index (χ2n) is 7.33. The van der Waals surface area contributed by atoms with Crippen LogP contribution in [-0.2, 0) is 14.3 Å². The van der Waals surface area contributed by atoms with E-state index in [1.54, 1.807) is 6.92 Å². The van der Waals surface area contributed by atoms with Crippen LogP contribution in [-0.4, -0.2) is 42.0 Å². The molecule has 0 N–H and O–H groups in total. The van der Waals surface area contributed by atoms with Crippen molar-refractivity contribution in [2.45, 2.75) is 52.7 Å². The van der Waals surface area contributed by atoms with E-state index in [2.05, 4.69) is 4.98 Å². The van der Waals surface area contributed by atoms with E-state index < -0.39 is 29.7 Å². The number of ketones is 1. The summed E-state index contributed by atoms with van der Waals surface area (Å²) in [5, 5.41) is 0. The summed E-state index contributed by atoms with van der Waals surface area (Å²) in [6, 6.07) is 10.7. The summed E-state index contributed by atoms with van der Waals surface area (Å²) >= 11 is 0. The Balaban J connectivity index is 2.05. The molecule has 0 fully saturated rings. The third kappa shape index (κ3) is 6.80. The summed E-state index contributed by atoms with van der Waals surface area (Å²) < 4.78 is 21.8. The number of rotatable bonds is 11. The molecule has 8 nitrogen and oxygen atoms in total. The molecule has 3 atom stereocenters. The Bertz CT molecular complexity index is 929. The molecule has 0 radical (unpaired) electrons. The van der Waals surface area contributed by atoms with Crippen LogP contribution in [0.25, 0.3) is 0 Å². The van der Waals surface area contributed by atoms with Gasteiger partial charge in [0.25, 0.3) is 0 Å². The molecule has 1 aromatic heterocycles. The molecule has 0 aliphatic carbocycles. The third-order valence-electron chi connectivity index (χ3n) is 4.75. The summed E-state index contributed by atoms with van der Waals surface area (Å²) in [5.41, 5.74) is -0.0768. The predicted molar refractivity (Wildman–Crippen MR) is 117 cm³/mol. The SMILES string of the molecule is CC[C@@H](OC(=O)[C@H](C)CC(=O)c1nccc(OC)c1OC(C)=O)[C@@H](C)Oc1ccccc1. The number of esters is 2. The van der Waals surface area contributed by atoms with E-state index in [0.29, 0.717) is 12.2 Å². The van der Waals surface area contributed by atoms with Crippen LogP contribution in [0.2, 0.25) is 0 Å². The lowest BCUT2D eigenvalue weighted by atomic mass is 10.0. The zero-order valence-electron chi connectivity index (χ0n) is 19.0. The van der Waals surface area contributed by atoms with Gasteiger partial charge in [0.15, 0.2) is 17.2 Å². The number of aromatic nitrogens is 1. The first-order chi connectivity index (χ1) is 15.3. The number of Topliss-reactive ketones (excluding diaryl/α,β-unsaturated/α-hetero) is 1. The van der Waals surface area contributed by atoms with Gasteiger partial charge >= 0.3 is 11.9 Å². The monoisotopic (exact) mass is 443 g/mol. The Kier molecular flexibility index (Phi) is 9.19. The molecule has 0 saturated carbocycles. The molecule has 0 bridgehead atoms. The molecule has 1 aromatic carbocycles. The van der Waals surface area contributed by atoms with Crippen LogP contribution < -0.4 is 14.2 Å². The molecule has 0 aliphatic rings. The van der Waals surface area contributed by atoms with E-state index in [1.165, 1.54) is 26.3 Å². The second-order valence-corrected chi connectivity index (χ2v) is 7.33. The maximum atomic E-state index is 12.8. The topological polar surface area (TPSA) is 101 Å². The second kappa shape index (κ2) is 11.8. The zero-order valence-corrected chi connectivity index (χ0v) is 19.0. The normalized spacial score (nSPS) is 13.4. The highest BCUT2D eigenvalue weighted by molar-refractivity contribution is 5.99. The Morgan fingerprint density at radius 2 is 1.75 bits per heavy atom. The van der Waals surface area contributed by atoms with Gasteiger partial charge in [0.1, 0.15) is 18.0 Å². The molecule has 0 saturated heterocycles. The maximum absolute atomic E-state index is 12.8. The number of hydrogen-bond donors (Lipinski definition) is 0. The first kappa shape index (κ1) is 24.8. The fourth-order valence-corrected chi connectivity index (χ4v) is 3.06. The van der Waals surface area contributed by atoms with Crippen molar-refractivity contribution in [1.29, 1.82) is 0 Å². The number of methoxy groups -OCH3 is 1. The van der Waals surface area contributed by atoms with Crippen molar-refractivity contribution in [1.82, 2.24) is 4.98 Å². The summed E-state index contributed by atoms with van der Waals surface area (Å²) in [5.74, 6) is -1.53. The Morgan fingerprint density at radius 1 is 1.06 bits per heavy atom. The standard InChI is InChI=1S/C24H29NO7/c1-6-20(16(3)30-18-10-8-7-9-11-18)32-24(28)15(2)14-19(27)22-23(31-17(4)26)21(29-5)12-13-25-22/h7-13,15-16,20H,6,14H2,1-5H3/t15-,16-,20-/m1/s1. The minimum absolute atomic E-state index is 0.0654. The Labute approximate surface area is 187 Å². The van der Waals surface area contributed by atoms with E-state index in [9.17, 15) is 14.4 Å². The summed E-state index contributed by atoms with van der Waals surface area (Å²) in [6.07, 6.45) is 0.904. The Morgan fingerprint density at radius 3 is 2.34 bits per heavy atom. The van der Waals surface area contributed by atoms with Gasteiger partial charge in [-0.1, -0.05) is 32.0 Å². The van der Waals surface area contributed by atoms with Crippen molar-refractivity contribution in [3.8, 4) is 17.2 Å². The van der Waals surface area contributed by atoms with Gasteiger partial charge in [-0.25, -0.2) is 4.98 Å². The molecule has 8 heteroatoms. The average Bonchev–Trinajstić information content (AvgIpc) is 2.77. The van der Waals surface area contributed by atoms with Crippen LogP contribution in [0.3, 0.4) is 0 Å². The minimum Gasteiger partial charge on any atom is -0.493 e. The molecule has 0 unspecified atom stereocenters. The molecule has 2 rings (SSSR count). The van der Waals surface area contributed by atoms with Crippen molar-refractivity contribution in [3.05, 3.63) is 48.3 Å². The van der Waals surface area contributed by atoms with Gasteiger partial charge in [0.05, 0.1) is 13.0 Å².